The van der Waals surface area contributed by atoms with Crippen molar-refractivity contribution in [1.82, 2.24) is 45.7 Å². The number of halogens is 1. The number of fused-ring (bicyclic) bond motifs is 1. The van der Waals surface area contributed by atoms with Gasteiger partial charge in [-0.2, -0.15) is 0 Å². The molecular formula is C52H76IN11O11. The van der Waals surface area contributed by atoms with Gasteiger partial charge < -0.3 is 61.3 Å². The molecule has 11 atom stereocenters. The van der Waals surface area contributed by atoms with Crippen LogP contribution in [0.1, 0.15) is 117 Å². The highest BCUT2D eigenvalue weighted by Gasteiger charge is 2.49. The number of hydrogen-bond acceptors (Lipinski definition) is 16. The van der Waals surface area contributed by atoms with Crippen LogP contribution in [0.2, 0.25) is 0 Å². The van der Waals surface area contributed by atoms with Gasteiger partial charge in [0, 0.05) is 66.5 Å². The molecule has 3 aromatic rings. The Kier molecular flexibility index (Phi) is 21.2. The lowest BCUT2D eigenvalue weighted by Gasteiger charge is -2.42. The predicted octanol–water partition coefficient (Wildman–Crippen LogP) is 4.01. The highest BCUT2D eigenvalue weighted by Crippen LogP contribution is 2.42. The van der Waals surface area contributed by atoms with Gasteiger partial charge >= 0.3 is 6.09 Å². The van der Waals surface area contributed by atoms with Crippen LogP contribution < -0.4 is 26.6 Å². The van der Waals surface area contributed by atoms with Crippen LogP contribution in [0.5, 0.6) is 0 Å². The summed E-state index contributed by atoms with van der Waals surface area (Å²) in [6.07, 6.45) is 1.87. The second kappa shape index (κ2) is 27.0. The Bertz CT molecular complexity index is 2460. The zero-order chi connectivity index (χ0) is 54.6. The second-order valence-electron chi connectivity index (χ2n) is 20.3. The molecule has 1 aromatic carbocycles. The molecule has 0 saturated carbocycles. The van der Waals surface area contributed by atoms with E-state index in [0.717, 1.165) is 36.9 Å². The van der Waals surface area contributed by atoms with Crippen LogP contribution >= 0.6 is 22.6 Å². The highest BCUT2D eigenvalue weighted by atomic mass is 127. The molecule has 3 saturated heterocycles. The van der Waals surface area contributed by atoms with Gasteiger partial charge in [-0.1, -0.05) is 81.8 Å². The number of alkyl halides is 1. The van der Waals surface area contributed by atoms with Crippen LogP contribution in [0, 0.1) is 17.8 Å². The molecule has 23 heteroatoms. The molecule has 75 heavy (non-hydrogen) atoms. The molecule has 0 radical (unpaired) electrons. The van der Waals surface area contributed by atoms with Crippen LogP contribution in [-0.4, -0.2) is 160 Å². The Morgan fingerprint density at radius 3 is 2.47 bits per heavy atom. The zero-order valence-electron chi connectivity index (χ0n) is 43.9. The standard InChI is InChI=1S/C52H76IN11O11/c1-8-12-33(10-3)45-60-42-46(61-45)55-28-56-47(42)62-49-44(70)43(69)41(36(26-65)75-49)59-38(67)22-32-17-20-63(25-32)51(73)74-27-31-13-15-34(16-14-31)54-24-30(7)57-48(71)40(29(5)6)58-37(66)18-21-64-39(68)23-35(50(64)72)52(53,11-4)19-9-2/h8,13-16,28-30,32-33,35-36,40-41,43-44,49,54,65,69-70H,1,9-12,17-27H2,2-7H3,(H,57,71)(H,58,66)(H,59,67)(H2,55,56,60,61,62)/t30-,32+,33?,35?,36-,40-,41-,43+,44-,49-,52?/m0/s1. The summed E-state index contributed by atoms with van der Waals surface area (Å²) in [6.45, 7) is 15.9. The van der Waals surface area contributed by atoms with Crippen molar-refractivity contribution < 1.29 is 53.6 Å². The number of ether oxygens (including phenoxy) is 2. The van der Waals surface area contributed by atoms with Crippen molar-refractivity contribution in [2.24, 2.45) is 17.8 Å². The number of carbonyl (C=O) groups excluding carboxylic acids is 6. The van der Waals surface area contributed by atoms with Gasteiger partial charge in [0.25, 0.3) is 0 Å². The van der Waals surface area contributed by atoms with Crippen molar-refractivity contribution in [3.63, 3.8) is 0 Å². The number of nitrogens with zero attached hydrogens (tertiary/aromatic N) is 5. The summed E-state index contributed by atoms with van der Waals surface area (Å²) in [5.41, 5.74) is 2.39. The summed E-state index contributed by atoms with van der Waals surface area (Å²) in [5.74, 6) is -1.50. The van der Waals surface area contributed by atoms with Crippen LogP contribution in [0.25, 0.3) is 11.2 Å². The van der Waals surface area contributed by atoms with Gasteiger partial charge in [-0.15, -0.1) is 6.58 Å². The van der Waals surface area contributed by atoms with E-state index >= 15 is 0 Å². The lowest BCUT2D eigenvalue weighted by Crippen LogP contribution is -2.65. The third kappa shape index (κ3) is 14.9. The first kappa shape index (κ1) is 58.8. The number of aliphatic hydroxyl groups is 3. The SMILES string of the molecule is C=CCC(CC)c1nc2ncnc(N[C@H]3O[C@@H](CO)[C@H](NC(=O)C[C@H]4CCN(C(=O)OCc5ccc(NC[C@H](C)NC(=O)[C@@H](NC(=O)CCN6C(=O)CC(C(I)(CC)CCC)C6=O)C(C)C)cc5)C4)[C@@H](O)[C@@H]3O)c2[nH]1. The monoisotopic (exact) mass is 1160 g/mol. The maximum absolute atomic E-state index is 13.3. The van der Waals surface area contributed by atoms with Gasteiger partial charge in [0.2, 0.25) is 29.5 Å². The lowest BCUT2D eigenvalue weighted by atomic mass is 9.85. The van der Waals surface area contributed by atoms with Crippen LogP contribution in [-0.2, 0) is 40.1 Å². The maximum Gasteiger partial charge on any atom is 0.410 e. The van der Waals surface area contributed by atoms with Gasteiger partial charge in [-0.05, 0) is 68.6 Å². The number of carbonyl (C=O) groups is 6. The van der Waals surface area contributed by atoms with Gasteiger partial charge in [0.1, 0.15) is 48.6 Å². The number of aromatic amines is 1. The quantitative estimate of drug-likeness (QED) is 0.0237. The minimum absolute atomic E-state index is 0.0119. The molecule has 6 rings (SSSR count). The number of allylic oxidation sites excluding steroid dienone is 1. The third-order valence-corrected chi connectivity index (χ3v) is 16.5. The molecule has 3 fully saturated rings. The van der Waals surface area contributed by atoms with E-state index in [0.29, 0.717) is 42.9 Å². The number of benzene rings is 1. The number of hydrogen-bond donors (Lipinski definition) is 9. The van der Waals surface area contributed by atoms with E-state index < -0.39 is 67.1 Å². The topological polar surface area (TPSA) is 303 Å². The van der Waals surface area contributed by atoms with E-state index in [4.69, 9.17) is 9.47 Å². The minimum Gasteiger partial charge on any atom is -0.445 e. The van der Waals surface area contributed by atoms with E-state index in [2.05, 4.69) is 82.6 Å². The molecule has 9 N–H and O–H groups in total. The molecule has 0 aliphatic carbocycles. The fourth-order valence-corrected chi connectivity index (χ4v) is 11.0. The van der Waals surface area contributed by atoms with Crippen molar-refractivity contribution in [2.45, 2.75) is 158 Å². The first-order chi connectivity index (χ1) is 35.8. The van der Waals surface area contributed by atoms with Crippen molar-refractivity contribution >= 4 is 80.9 Å². The minimum atomic E-state index is -1.53. The number of nitrogens with one attached hydrogen (secondary N) is 6. The third-order valence-electron chi connectivity index (χ3n) is 14.5. The molecule has 22 nitrogen and oxygen atoms in total. The van der Waals surface area contributed by atoms with E-state index in [-0.39, 0.29) is 89.7 Å². The molecule has 412 valence electrons. The van der Waals surface area contributed by atoms with Crippen molar-refractivity contribution in [2.75, 3.05) is 43.4 Å². The molecule has 5 heterocycles. The average molecular weight is 1160 g/mol. The number of likely N-dealkylation sites (tertiary alicyclic amines) is 2. The summed E-state index contributed by atoms with van der Waals surface area (Å²) in [4.78, 5) is 98.0. The summed E-state index contributed by atoms with van der Waals surface area (Å²) in [7, 11) is 0. The molecular weight excluding hydrogens is 1080 g/mol. The number of rotatable bonds is 26. The Balaban J connectivity index is 0.890. The smallest absolute Gasteiger partial charge is 0.410 e. The number of imide groups is 1. The molecule has 3 unspecified atom stereocenters. The lowest BCUT2D eigenvalue weighted by molar-refractivity contribution is -0.185. The summed E-state index contributed by atoms with van der Waals surface area (Å²) in [5, 5.41) is 47.4. The number of aliphatic hydroxyl groups excluding tert-OH is 3. The summed E-state index contributed by atoms with van der Waals surface area (Å²) in [6, 6.07) is 4.99. The summed E-state index contributed by atoms with van der Waals surface area (Å²) < 4.78 is 11.3. The number of amides is 6. The molecule has 0 spiro atoms. The Hall–Kier alpha value is -5.50. The summed E-state index contributed by atoms with van der Waals surface area (Å²) >= 11 is 2.32. The Labute approximate surface area is 451 Å². The second-order valence-corrected chi connectivity index (χ2v) is 22.5. The first-order valence-electron chi connectivity index (χ1n) is 26.2. The van der Waals surface area contributed by atoms with Crippen molar-refractivity contribution in [3.05, 3.63) is 54.6 Å². The van der Waals surface area contributed by atoms with Gasteiger partial charge in [0.05, 0.1) is 18.6 Å². The van der Waals surface area contributed by atoms with Gasteiger partial charge in [0.15, 0.2) is 17.7 Å². The number of aromatic nitrogens is 4. The van der Waals surface area contributed by atoms with E-state index in [1.807, 2.05) is 65.0 Å². The number of anilines is 2. The Morgan fingerprint density at radius 2 is 1.80 bits per heavy atom. The van der Waals surface area contributed by atoms with Gasteiger partial charge in [-0.3, -0.25) is 28.9 Å². The van der Waals surface area contributed by atoms with E-state index in [9.17, 15) is 44.1 Å². The normalized spacial score (nSPS) is 23.9. The largest absolute Gasteiger partial charge is 0.445 e. The van der Waals surface area contributed by atoms with Gasteiger partial charge in [-0.25, -0.2) is 19.7 Å². The van der Waals surface area contributed by atoms with Crippen LogP contribution in [0.4, 0.5) is 16.3 Å². The fraction of sp³-hybridized carbons (Fsp3) is 0.635. The first-order valence-corrected chi connectivity index (χ1v) is 27.3. The highest BCUT2D eigenvalue weighted by molar-refractivity contribution is 14.1. The van der Waals surface area contributed by atoms with Crippen molar-refractivity contribution in [3.8, 4) is 0 Å². The fourth-order valence-electron chi connectivity index (χ4n) is 9.99. The number of H-pyrrole nitrogens is 1. The molecule has 6 amide bonds. The molecule has 2 aromatic heterocycles. The zero-order valence-corrected chi connectivity index (χ0v) is 46.0. The maximum atomic E-state index is 13.3. The number of imidazole rings is 1. The van der Waals surface area contributed by atoms with Crippen LogP contribution in [0.3, 0.4) is 0 Å². The molecule has 3 aliphatic heterocycles. The van der Waals surface area contributed by atoms with E-state index in [1.165, 1.54) is 16.1 Å². The Morgan fingerprint density at radius 1 is 1.05 bits per heavy atom. The molecule has 0 bridgehead atoms. The van der Waals surface area contributed by atoms with E-state index in [1.54, 1.807) is 0 Å². The molecule has 3 aliphatic rings. The van der Waals surface area contributed by atoms with Crippen LogP contribution in [0.15, 0.2) is 43.2 Å². The van der Waals surface area contributed by atoms with Crippen molar-refractivity contribution in [1.29, 1.82) is 0 Å². The average Bonchev–Trinajstić information content (AvgIpc) is 4.12. The predicted molar refractivity (Wildman–Crippen MR) is 288 cm³/mol.